The molecule has 1 saturated carbocycles. The summed E-state index contributed by atoms with van der Waals surface area (Å²) in [6.45, 7) is 7.73. The van der Waals surface area contributed by atoms with Gasteiger partial charge in [0.05, 0.1) is 18.8 Å². The van der Waals surface area contributed by atoms with E-state index in [0.717, 1.165) is 79.5 Å². The van der Waals surface area contributed by atoms with Crippen LogP contribution in [0.3, 0.4) is 0 Å². The van der Waals surface area contributed by atoms with Gasteiger partial charge in [-0.3, -0.25) is 19.3 Å². The summed E-state index contributed by atoms with van der Waals surface area (Å²) in [5.74, 6) is -2.34. The van der Waals surface area contributed by atoms with Crippen LogP contribution in [-0.4, -0.2) is 119 Å². The number of nitrogens with zero attached hydrogens (tertiary/aromatic N) is 4. The summed E-state index contributed by atoms with van der Waals surface area (Å²) >= 11 is 0. The van der Waals surface area contributed by atoms with E-state index in [1.54, 1.807) is 36.6 Å². The number of carbonyl (C=O) groups excluding carboxylic acids is 5. The van der Waals surface area contributed by atoms with Crippen molar-refractivity contribution < 1.29 is 47.0 Å². The molecule has 15 heteroatoms. The zero-order chi connectivity index (χ0) is 47.5. The Kier molecular flexibility index (Phi) is 16.9. The van der Waals surface area contributed by atoms with Crippen LogP contribution < -0.4 is 5.32 Å². The smallest absolute Gasteiger partial charge is 0.411 e. The van der Waals surface area contributed by atoms with Crippen LogP contribution in [0.5, 0.6) is 0 Å². The average Bonchev–Trinajstić information content (AvgIpc) is 3.33. The fourth-order valence-corrected chi connectivity index (χ4v) is 9.78. The van der Waals surface area contributed by atoms with Gasteiger partial charge in [0.25, 0.3) is 5.91 Å². The van der Waals surface area contributed by atoms with Crippen molar-refractivity contribution in [2.24, 2.45) is 5.92 Å². The molecule has 1 N–H and O–H groups in total. The first-order valence-electron chi connectivity index (χ1n) is 24.2. The number of likely N-dealkylation sites (tertiary alicyclic amines) is 3. The number of piperidine rings is 3. The molecule has 3 aromatic carbocycles. The predicted molar refractivity (Wildman–Crippen MR) is 248 cm³/mol. The lowest BCUT2D eigenvalue weighted by molar-refractivity contribution is -0.139. The quantitative estimate of drug-likeness (QED) is 0.180. The van der Waals surface area contributed by atoms with E-state index in [0.29, 0.717) is 64.1 Å². The molecule has 7 rings (SSSR count). The van der Waals surface area contributed by atoms with Crippen LogP contribution in [0.25, 0.3) is 0 Å². The number of ether oxygens (including phenoxy) is 3. The highest BCUT2D eigenvalue weighted by atomic mass is 19.1. The maximum Gasteiger partial charge on any atom is 0.411 e. The molecule has 362 valence electrons. The molecule has 13 nitrogen and oxygen atoms in total. The SMILES string of the molecule is CC(C)(C)OC(=O)N(CC(=O)N1CCCC(c2cccc(C(=O)N[C@@H](C(=O)N3CCC(OC4CCN(C(=O)OCc5ccccc5)CC4)CC3)C3CCCCC3)c2)C1)Cc1ccc(F)cc1F. The molecule has 3 heterocycles. The van der Waals surface area contributed by atoms with Crippen molar-refractivity contribution in [2.75, 3.05) is 45.8 Å². The Morgan fingerprint density at radius 3 is 2.10 bits per heavy atom. The molecule has 1 unspecified atom stereocenters. The third-order valence-corrected chi connectivity index (χ3v) is 13.5. The van der Waals surface area contributed by atoms with Crippen molar-refractivity contribution in [2.45, 2.75) is 134 Å². The number of carbonyl (C=O) groups is 5. The Morgan fingerprint density at radius 2 is 1.43 bits per heavy atom. The molecule has 5 amide bonds. The monoisotopic (exact) mass is 927 g/mol. The van der Waals surface area contributed by atoms with Crippen LogP contribution in [0.4, 0.5) is 18.4 Å². The van der Waals surface area contributed by atoms with Crippen molar-refractivity contribution in [3.63, 3.8) is 0 Å². The summed E-state index contributed by atoms with van der Waals surface area (Å²) in [6.07, 6.45) is 8.13. The molecular formula is C52H67F2N5O8. The molecule has 67 heavy (non-hydrogen) atoms. The van der Waals surface area contributed by atoms with Crippen LogP contribution in [0, 0.1) is 17.6 Å². The second-order valence-electron chi connectivity index (χ2n) is 19.6. The molecule has 0 aromatic heterocycles. The van der Waals surface area contributed by atoms with E-state index in [4.69, 9.17) is 14.2 Å². The highest BCUT2D eigenvalue weighted by Crippen LogP contribution is 2.31. The maximum absolute atomic E-state index is 14.7. The van der Waals surface area contributed by atoms with Gasteiger partial charge in [0, 0.05) is 62.4 Å². The van der Waals surface area contributed by atoms with Gasteiger partial charge in [-0.15, -0.1) is 0 Å². The minimum absolute atomic E-state index is 0.0111. The number of hydrogen-bond donors (Lipinski definition) is 1. The van der Waals surface area contributed by atoms with E-state index in [9.17, 15) is 32.8 Å². The Hall–Kier alpha value is -5.57. The van der Waals surface area contributed by atoms with Gasteiger partial charge < -0.3 is 34.2 Å². The van der Waals surface area contributed by atoms with Gasteiger partial charge in [-0.1, -0.05) is 67.8 Å². The summed E-state index contributed by atoms with van der Waals surface area (Å²) in [7, 11) is 0. The first-order valence-corrected chi connectivity index (χ1v) is 24.2. The molecule has 3 aliphatic heterocycles. The van der Waals surface area contributed by atoms with Crippen LogP contribution in [0.15, 0.2) is 72.8 Å². The van der Waals surface area contributed by atoms with Crippen LogP contribution in [-0.2, 0) is 37.0 Å². The molecule has 1 aliphatic carbocycles. The minimum Gasteiger partial charge on any atom is -0.445 e. The predicted octanol–water partition coefficient (Wildman–Crippen LogP) is 8.60. The van der Waals surface area contributed by atoms with E-state index < -0.39 is 29.4 Å². The fraction of sp³-hybridized carbons (Fsp3) is 0.558. The van der Waals surface area contributed by atoms with E-state index in [2.05, 4.69) is 5.32 Å². The number of nitrogens with one attached hydrogen (secondary N) is 1. The summed E-state index contributed by atoms with van der Waals surface area (Å²) in [5.41, 5.74) is 1.46. The minimum atomic E-state index is -0.867. The number of halogens is 2. The van der Waals surface area contributed by atoms with Gasteiger partial charge in [0.2, 0.25) is 11.8 Å². The van der Waals surface area contributed by atoms with Crippen LogP contribution in [0.1, 0.15) is 124 Å². The van der Waals surface area contributed by atoms with Crippen molar-refractivity contribution in [3.8, 4) is 0 Å². The van der Waals surface area contributed by atoms with Gasteiger partial charge in [-0.05, 0) is 107 Å². The summed E-state index contributed by atoms with van der Waals surface area (Å²) < 4.78 is 46.0. The van der Waals surface area contributed by atoms with Gasteiger partial charge in [0.1, 0.15) is 36.4 Å². The topological polar surface area (TPSA) is 138 Å². The standard InChI is InChI=1S/C52H67F2N5O8/c1-52(2,3)67-51(64)59(33-41-19-20-42(53)31-45(41)54)34-46(60)58-25-11-18-40(32-58)38-16-10-17-39(30-38)48(61)55-47(37-14-8-5-9-15-37)49(62)56-26-21-43(22-27-56)66-44-23-28-57(29-24-44)50(63)65-35-36-12-6-4-7-13-36/h4,6-7,10,12-13,16-17,19-20,30-31,37,40,43-44,47H,5,8-9,11,14-15,18,21-29,32-35H2,1-3H3,(H,55,61)/t40?,47-/m1/s1. The molecule has 4 aliphatic rings. The maximum atomic E-state index is 14.7. The number of hydrogen-bond acceptors (Lipinski definition) is 8. The van der Waals surface area contributed by atoms with Crippen molar-refractivity contribution in [1.82, 2.24) is 24.9 Å². The molecule has 0 spiro atoms. The normalized spacial score (nSPS) is 19.4. The molecule has 3 aromatic rings. The Morgan fingerprint density at radius 1 is 0.746 bits per heavy atom. The van der Waals surface area contributed by atoms with Gasteiger partial charge in [0.15, 0.2) is 0 Å². The van der Waals surface area contributed by atoms with Gasteiger partial charge in [-0.25, -0.2) is 18.4 Å². The highest BCUT2D eigenvalue weighted by molar-refractivity contribution is 5.98. The second kappa shape index (κ2) is 23.0. The lowest BCUT2D eigenvalue weighted by Gasteiger charge is -2.39. The third kappa shape index (κ3) is 14.0. The lowest BCUT2D eigenvalue weighted by Crippen LogP contribution is -2.55. The molecule has 0 bridgehead atoms. The first kappa shape index (κ1) is 49.3. The zero-order valence-corrected chi connectivity index (χ0v) is 39.3. The highest BCUT2D eigenvalue weighted by Gasteiger charge is 2.37. The van der Waals surface area contributed by atoms with Gasteiger partial charge in [-0.2, -0.15) is 0 Å². The summed E-state index contributed by atoms with van der Waals surface area (Å²) in [4.78, 5) is 74.7. The largest absolute Gasteiger partial charge is 0.445 e. The van der Waals surface area contributed by atoms with E-state index in [-0.39, 0.29) is 73.1 Å². The number of amides is 5. The first-order chi connectivity index (χ1) is 32.2. The van der Waals surface area contributed by atoms with E-state index in [1.807, 2.05) is 53.4 Å². The molecular weight excluding hydrogens is 861 g/mol. The van der Waals surface area contributed by atoms with Crippen LogP contribution >= 0.6 is 0 Å². The Labute approximate surface area is 393 Å². The zero-order valence-electron chi connectivity index (χ0n) is 39.3. The average molecular weight is 928 g/mol. The summed E-state index contributed by atoms with van der Waals surface area (Å²) in [5, 5.41) is 3.18. The third-order valence-electron chi connectivity index (χ3n) is 13.5. The lowest BCUT2D eigenvalue weighted by atomic mass is 9.83. The number of benzene rings is 3. The van der Waals surface area contributed by atoms with Crippen LogP contribution in [0.2, 0.25) is 0 Å². The number of rotatable bonds is 13. The summed E-state index contributed by atoms with van der Waals surface area (Å²) in [6, 6.07) is 19.4. The van der Waals surface area contributed by atoms with E-state index in [1.165, 1.54) is 6.07 Å². The molecule has 2 atom stereocenters. The Bertz CT molecular complexity index is 2170. The van der Waals surface area contributed by atoms with Crippen molar-refractivity contribution in [3.05, 3.63) is 107 Å². The molecule has 0 radical (unpaired) electrons. The Balaban J connectivity index is 0.922. The fourth-order valence-electron chi connectivity index (χ4n) is 9.78. The molecule has 4 fully saturated rings. The van der Waals surface area contributed by atoms with Crippen molar-refractivity contribution in [1.29, 1.82) is 0 Å². The van der Waals surface area contributed by atoms with Gasteiger partial charge >= 0.3 is 12.2 Å². The molecule has 3 saturated heterocycles. The van der Waals surface area contributed by atoms with Crippen molar-refractivity contribution >= 4 is 29.9 Å². The second-order valence-corrected chi connectivity index (χ2v) is 19.6. The van der Waals surface area contributed by atoms with E-state index >= 15 is 0 Å².